The van der Waals surface area contributed by atoms with Gasteiger partial charge in [0.25, 0.3) is 0 Å². The summed E-state index contributed by atoms with van der Waals surface area (Å²) in [7, 11) is -0.671. The molecule has 1 fully saturated rings. The van der Waals surface area contributed by atoms with Gasteiger partial charge in [-0.1, -0.05) is 12.1 Å². The highest BCUT2D eigenvalue weighted by atomic mass is 19.1. The largest absolute Gasteiger partial charge is 0.497 e. The molecule has 1 aliphatic rings. The maximum absolute atomic E-state index is 14.4. The van der Waals surface area contributed by atoms with E-state index in [9.17, 15) is 4.39 Å². The van der Waals surface area contributed by atoms with Gasteiger partial charge in [0.1, 0.15) is 5.82 Å². The summed E-state index contributed by atoms with van der Waals surface area (Å²) in [6.45, 7) is 9.86. The average Bonchev–Trinajstić information content (AvgIpc) is 2.51. The van der Waals surface area contributed by atoms with Crippen LogP contribution in [0.5, 0.6) is 0 Å². The highest BCUT2D eigenvalue weighted by Crippen LogP contribution is 2.36. The van der Waals surface area contributed by atoms with Crippen LogP contribution in [0.3, 0.4) is 0 Å². The van der Waals surface area contributed by atoms with Crippen molar-refractivity contribution in [1.29, 1.82) is 0 Å². The lowest BCUT2D eigenvalue weighted by molar-refractivity contribution is 0.00578. The van der Waals surface area contributed by atoms with Crippen LogP contribution in [0.4, 0.5) is 4.39 Å². The van der Waals surface area contributed by atoms with Gasteiger partial charge in [0.05, 0.1) is 11.2 Å². The van der Waals surface area contributed by atoms with E-state index in [4.69, 9.17) is 15.0 Å². The molecule has 104 valence electrons. The zero-order valence-corrected chi connectivity index (χ0v) is 12.2. The molecule has 0 saturated carbocycles. The van der Waals surface area contributed by atoms with Gasteiger partial charge in [-0.25, -0.2) is 4.39 Å². The molecule has 1 aromatic rings. The molecule has 2 N–H and O–H groups in total. The molecule has 1 saturated heterocycles. The van der Waals surface area contributed by atoms with Gasteiger partial charge in [-0.15, -0.1) is 0 Å². The van der Waals surface area contributed by atoms with E-state index in [2.05, 4.69) is 0 Å². The lowest BCUT2D eigenvalue weighted by atomic mass is 9.77. The molecule has 0 radical (unpaired) electrons. The molecular formula is C14H21BFNO2. The fourth-order valence-corrected chi connectivity index (χ4v) is 2.12. The van der Waals surface area contributed by atoms with E-state index >= 15 is 0 Å². The van der Waals surface area contributed by atoms with Crippen LogP contribution in [0, 0.1) is 12.7 Å². The average molecular weight is 265 g/mol. The molecule has 0 spiro atoms. The summed E-state index contributed by atoms with van der Waals surface area (Å²) in [5.41, 5.74) is 6.45. The van der Waals surface area contributed by atoms with E-state index in [1.165, 1.54) is 0 Å². The lowest BCUT2D eigenvalue weighted by Gasteiger charge is -2.32. The summed E-state index contributed by atoms with van der Waals surface area (Å²) in [5.74, 6) is -0.290. The molecule has 0 bridgehead atoms. The first kappa shape index (κ1) is 14.5. The third-order valence-corrected chi connectivity index (χ3v) is 4.26. The number of nitrogens with two attached hydrogens (primary N) is 1. The Morgan fingerprint density at radius 1 is 1.16 bits per heavy atom. The van der Waals surface area contributed by atoms with E-state index in [1.807, 2.05) is 33.8 Å². The molecule has 0 unspecified atom stereocenters. The summed E-state index contributed by atoms with van der Waals surface area (Å²) in [4.78, 5) is 0. The highest BCUT2D eigenvalue weighted by Gasteiger charge is 2.52. The summed E-state index contributed by atoms with van der Waals surface area (Å²) < 4.78 is 26.1. The summed E-state index contributed by atoms with van der Waals surface area (Å²) in [6, 6.07) is 3.53. The Balaban J connectivity index is 2.38. The van der Waals surface area contributed by atoms with Gasteiger partial charge in [-0.05, 0) is 45.7 Å². The Bertz CT molecular complexity index is 486. The minimum absolute atomic E-state index is 0.290. The first-order valence-corrected chi connectivity index (χ1v) is 6.53. The lowest BCUT2D eigenvalue weighted by Crippen LogP contribution is -2.41. The quantitative estimate of drug-likeness (QED) is 0.830. The molecule has 0 amide bonds. The van der Waals surface area contributed by atoms with E-state index in [-0.39, 0.29) is 5.82 Å². The highest BCUT2D eigenvalue weighted by molar-refractivity contribution is 6.62. The van der Waals surface area contributed by atoms with Crippen molar-refractivity contribution in [2.24, 2.45) is 5.73 Å². The van der Waals surface area contributed by atoms with Crippen molar-refractivity contribution in [3.63, 3.8) is 0 Å². The zero-order chi connectivity index (χ0) is 14.4. The monoisotopic (exact) mass is 265 g/mol. The SMILES string of the molecule is Cc1c(CN)ccc(B2OC(C)(C)C(C)(C)O2)c1F. The van der Waals surface area contributed by atoms with Crippen LogP contribution in [-0.2, 0) is 15.9 Å². The van der Waals surface area contributed by atoms with E-state index in [1.54, 1.807) is 13.0 Å². The van der Waals surface area contributed by atoms with Crippen LogP contribution in [0.25, 0.3) is 0 Å². The summed E-state index contributed by atoms with van der Waals surface area (Å²) >= 11 is 0. The van der Waals surface area contributed by atoms with Crippen molar-refractivity contribution in [3.05, 3.63) is 29.1 Å². The van der Waals surface area contributed by atoms with Gasteiger partial charge in [-0.3, -0.25) is 0 Å². The molecule has 1 aliphatic heterocycles. The van der Waals surface area contributed by atoms with E-state index in [0.29, 0.717) is 17.6 Å². The molecule has 2 rings (SSSR count). The van der Waals surface area contributed by atoms with Gasteiger partial charge >= 0.3 is 7.12 Å². The fraction of sp³-hybridized carbons (Fsp3) is 0.571. The van der Waals surface area contributed by atoms with E-state index < -0.39 is 18.3 Å². The first-order chi connectivity index (χ1) is 8.69. The predicted molar refractivity (Wildman–Crippen MR) is 74.7 cm³/mol. The molecule has 5 heteroatoms. The third-order valence-electron chi connectivity index (χ3n) is 4.26. The Kier molecular flexibility index (Phi) is 3.50. The van der Waals surface area contributed by atoms with Crippen molar-refractivity contribution in [2.75, 3.05) is 0 Å². The molecular weight excluding hydrogens is 244 g/mol. The maximum Gasteiger partial charge on any atom is 0.497 e. The van der Waals surface area contributed by atoms with Crippen LogP contribution in [0.2, 0.25) is 0 Å². The molecule has 1 aromatic carbocycles. The number of hydrogen-bond donors (Lipinski definition) is 1. The van der Waals surface area contributed by atoms with Crippen LogP contribution in [0.15, 0.2) is 12.1 Å². The van der Waals surface area contributed by atoms with Crippen molar-refractivity contribution in [3.8, 4) is 0 Å². The standard InChI is InChI=1S/C14H21BFNO2/c1-9-10(8-17)6-7-11(12(9)16)15-18-13(2,3)14(4,5)19-15/h6-7H,8,17H2,1-5H3. The third kappa shape index (κ3) is 2.31. The van der Waals surface area contributed by atoms with Gasteiger partial charge in [0.15, 0.2) is 0 Å². The fourth-order valence-electron chi connectivity index (χ4n) is 2.12. The molecule has 0 aromatic heterocycles. The number of rotatable bonds is 2. The van der Waals surface area contributed by atoms with E-state index in [0.717, 1.165) is 5.56 Å². The molecule has 3 nitrogen and oxygen atoms in total. The van der Waals surface area contributed by atoms with Crippen LogP contribution < -0.4 is 11.2 Å². The molecule has 0 atom stereocenters. The number of benzene rings is 1. The Morgan fingerprint density at radius 2 is 1.68 bits per heavy atom. The van der Waals surface area contributed by atoms with Crippen molar-refractivity contribution < 1.29 is 13.7 Å². The minimum atomic E-state index is -0.671. The molecule has 0 aliphatic carbocycles. The predicted octanol–water partition coefficient (Wildman–Crippen LogP) is 1.89. The summed E-state index contributed by atoms with van der Waals surface area (Å²) in [6.07, 6.45) is 0. The van der Waals surface area contributed by atoms with Gasteiger partial charge in [0, 0.05) is 12.0 Å². The van der Waals surface area contributed by atoms with Crippen LogP contribution in [-0.4, -0.2) is 18.3 Å². The smallest absolute Gasteiger partial charge is 0.399 e. The van der Waals surface area contributed by atoms with Crippen LogP contribution in [0.1, 0.15) is 38.8 Å². The summed E-state index contributed by atoms with van der Waals surface area (Å²) in [5, 5.41) is 0. The second-order valence-electron chi connectivity index (χ2n) is 6.05. The van der Waals surface area contributed by atoms with Crippen molar-refractivity contribution >= 4 is 12.6 Å². The van der Waals surface area contributed by atoms with Gasteiger partial charge in [0.2, 0.25) is 0 Å². The second-order valence-corrected chi connectivity index (χ2v) is 6.05. The van der Waals surface area contributed by atoms with Crippen molar-refractivity contribution in [2.45, 2.75) is 52.4 Å². The Labute approximate surface area is 114 Å². The zero-order valence-electron chi connectivity index (χ0n) is 12.2. The topological polar surface area (TPSA) is 44.5 Å². The maximum atomic E-state index is 14.4. The number of hydrogen-bond acceptors (Lipinski definition) is 3. The molecule has 1 heterocycles. The van der Waals surface area contributed by atoms with Gasteiger partial charge < -0.3 is 15.0 Å². The second kappa shape index (κ2) is 4.58. The Morgan fingerprint density at radius 3 is 2.16 bits per heavy atom. The van der Waals surface area contributed by atoms with Crippen molar-refractivity contribution in [1.82, 2.24) is 0 Å². The first-order valence-electron chi connectivity index (χ1n) is 6.53. The van der Waals surface area contributed by atoms with Crippen LogP contribution >= 0.6 is 0 Å². The molecule has 19 heavy (non-hydrogen) atoms. The van der Waals surface area contributed by atoms with Gasteiger partial charge in [-0.2, -0.15) is 0 Å². The normalized spacial score (nSPS) is 20.9. The number of halogens is 1. The Hall–Kier alpha value is -0.905. The minimum Gasteiger partial charge on any atom is -0.399 e.